The van der Waals surface area contributed by atoms with Gasteiger partial charge < -0.3 is 15.0 Å². The number of rotatable bonds is 5. The highest BCUT2D eigenvalue weighted by Gasteiger charge is 2.17. The van der Waals surface area contributed by atoms with Crippen molar-refractivity contribution in [3.05, 3.63) is 29.8 Å². The zero-order valence-corrected chi connectivity index (χ0v) is 11.7. The second kappa shape index (κ2) is 6.68. The quantitative estimate of drug-likeness (QED) is 0.824. The van der Waals surface area contributed by atoms with Crippen molar-refractivity contribution in [1.82, 2.24) is 4.90 Å². The van der Waals surface area contributed by atoms with Gasteiger partial charge in [0.15, 0.2) is 5.78 Å². The molecule has 1 aliphatic heterocycles. The average molecular weight is 262 g/mol. The van der Waals surface area contributed by atoms with Crippen LogP contribution in [-0.2, 0) is 4.74 Å². The van der Waals surface area contributed by atoms with Crippen molar-refractivity contribution in [1.29, 1.82) is 0 Å². The van der Waals surface area contributed by atoms with Crippen molar-refractivity contribution < 1.29 is 9.53 Å². The van der Waals surface area contributed by atoms with Crippen LogP contribution in [0.2, 0.25) is 0 Å². The number of nitrogens with zero attached hydrogens (tertiary/aromatic N) is 1. The molecule has 1 unspecified atom stereocenters. The zero-order valence-electron chi connectivity index (χ0n) is 11.7. The fraction of sp³-hybridized carbons (Fsp3) is 0.533. The van der Waals surface area contributed by atoms with Crippen LogP contribution in [0.3, 0.4) is 0 Å². The van der Waals surface area contributed by atoms with Crippen molar-refractivity contribution in [2.45, 2.75) is 19.4 Å². The molecule has 1 heterocycles. The first-order valence-electron chi connectivity index (χ1n) is 6.86. The molecule has 0 aromatic heterocycles. The van der Waals surface area contributed by atoms with Crippen LogP contribution in [0.4, 0.5) is 5.69 Å². The van der Waals surface area contributed by atoms with Gasteiger partial charge in [-0.3, -0.25) is 4.79 Å². The lowest BCUT2D eigenvalue weighted by atomic mass is 10.1. The van der Waals surface area contributed by atoms with E-state index >= 15 is 0 Å². The van der Waals surface area contributed by atoms with Gasteiger partial charge in [0.05, 0.1) is 12.7 Å². The Kier molecular flexibility index (Phi) is 4.93. The van der Waals surface area contributed by atoms with Gasteiger partial charge in [0, 0.05) is 37.3 Å². The zero-order chi connectivity index (χ0) is 13.7. The molecule has 0 radical (unpaired) electrons. The smallest absolute Gasteiger partial charge is 0.162 e. The fourth-order valence-electron chi connectivity index (χ4n) is 2.20. The van der Waals surface area contributed by atoms with Gasteiger partial charge in [-0.25, -0.2) is 0 Å². The maximum absolute atomic E-state index is 11.5. The first-order chi connectivity index (χ1) is 9.19. The number of nitrogens with one attached hydrogen (secondary N) is 1. The van der Waals surface area contributed by atoms with E-state index in [-0.39, 0.29) is 11.9 Å². The number of ether oxygens (including phenoxy) is 1. The molecule has 0 saturated carbocycles. The number of ketones is 1. The van der Waals surface area contributed by atoms with E-state index in [9.17, 15) is 4.79 Å². The molecule has 1 aromatic rings. The maximum Gasteiger partial charge on any atom is 0.162 e. The molecule has 1 fully saturated rings. The lowest BCUT2D eigenvalue weighted by Gasteiger charge is -2.30. The Hall–Kier alpha value is -1.39. The maximum atomic E-state index is 11.5. The highest BCUT2D eigenvalue weighted by Crippen LogP contribution is 2.12. The molecule has 0 aliphatic carbocycles. The molecule has 104 valence electrons. The summed E-state index contributed by atoms with van der Waals surface area (Å²) < 4.78 is 5.69. The molecular weight excluding hydrogens is 240 g/mol. The summed E-state index contributed by atoms with van der Waals surface area (Å²) in [5, 5.41) is 3.36. The van der Waals surface area contributed by atoms with Crippen molar-refractivity contribution in [3.8, 4) is 0 Å². The molecule has 1 aliphatic rings. The number of morpholine rings is 1. The Morgan fingerprint density at radius 2 is 2.16 bits per heavy atom. The van der Waals surface area contributed by atoms with Crippen LogP contribution < -0.4 is 5.32 Å². The van der Waals surface area contributed by atoms with Crippen LogP contribution in [0.1, 0.15) is 23.7 Å². The highest BCUT2D eigenvalue weighted by molar-refractivity contribution is 5.96. The van der Waals surface area contributed by atoms with E-state index in [1.54, 1.807) is 0 Å². The monoisotopic (exact) mass is 262 g/mol. The number of anilines is 1. The van der Waals surface area contributed by atoms with E-state index in [0.717, 1.165) is 37.5 Å². The van der Waals surface area contributed by atoms with Crippen LogP contribution in [-0.4, -0.2) is 50.1 Å². The summed E-state index contributed by atoms with van der Waals surface area (Å²) in [7, 11) is 2.11. The molecule has 1 saturated heterocycles. The van der Waals surface area contributed by atoms with E-state index < -0.39 is 0 Å². The molecule has 19 heavy (non-hydrogen) atoms. The van der Waals surface area contributed by atoms with Gasteiger partial charge in [-0.15, -0.1) is 0 Å². The van der Waals surface area contributed by atoms with Gasteiger partial charge in [-0.1, -0.05) is 6.92 Å². The summed E-state index contributed by atoms with van der Waals surface area (Å²) in [5.41, 5.74) is 1.81. The number of carbonyl (C=O) groups excluding carboxylic acids is 1. The molecule has 1 aromatic carbocycles. The van der Waals surface area contributed by atoms with Crippen molar-refractivity contribution in [2.24, 2.45) is 0 Å². The van der Waals surface area contributed by atoms with E-state index in [4.69, 9.17) is 4.74 Å². The Morgan fingerprint density at radius 1 is 1.42 bits per heavy atom. The third kappa shape index (κ3) is 4.04. The first-order valence-corrected chi connectivity index (χ1v) is 6.86. The van der Waals surface area contributed by atoms with Gasteiger partial charge in [0.25, 0.3) is 0 Å². The molecule has 1 atom stereocenters. The largest absolute Gasteiger partial charge is 0.382 e. The van der Waals surface area contributed by atoms with Crippen molar-refractivity contribution >= 4 is 11.5 Å². The van der Waals surface area contributed by atoms with E-state index in [2.05, 4.69) is 17.3 Å². The number of hydrogen-bond donors (Lipinski definition) is 1. The number of carbonyl (C=O) groups is 1. The molecule has 0 bridgehead atoms. The lowest BCUT2D eigenvalue weighted by molar-refractivity contribution is -0.0117. The number of benzene rings is 1. The molecular formula is C15H22N2O2. The standard InChI is InChI=1S/C15H22N2O2/c1-3-15(18)12-4-6-13(7-5-12)16-10-14-11-17(2)8-9-19-14/h4-7,14,16H,3,8-11H2,1-2H3. The van der Waals surface area contributed by atoms with E-state index in [1.165, 1.54) is 0 Å². The molecule has 0 spiro atoms. The van der Waals surface area contributed by atoms with Gasteiger partial charge in [0.2, 0.25) is 0 Å². The van der Waals surface area contributed by atoms with E-state index in [0.29, 0.717) is 6.42 Å². The predicted octanol–water partition coefficient (Wildman–Crippen LogP) is 2.02. The van der Waals surface area contributed by atoms with Gasteiger partial charge >= 0.3 is 0 Å². The predicted molar refractivity (Wildman–Crippen MR) is 76.8 cm³/mol. The minimum Gasteiger partial charge on any atom is -0.382 e. The topological polar surface area (TPSA) is 41.6 Å². The summed E-state index contributed by atoms with van der Waals surface area (Å²) in [4.78, 5) is 13.8. The number of Topliss-reactive ketones (excluding diaryl/α,β-unsaturated/α-hetero) is 1. The molecule has 4 nitrogen and oxygen atoms in total. The summed E-state index contributed by atoms with van der Waals surface area (Å²) in [6.45, 7) is 5.44. The molecule has 1 N–H and O–H groups in total. The molecule has 4 heteroatoms. The minimum atomic E-state index is 0.184. The van der Waals surface area contributed by atoms with Gasteiger partial charge in [0.1, 0.15) is 0 Å². The number of likely N-dealkylation sites (N-methyl/N-ethyl adjacent to an activating group) is 1. The van der Waals surface area contributed by atoms with Crippen molar-refractivity contribution in [2.75, 3.05) is 38.6 Å². The summed E-state index contributed by atoms with van der Waals surface area (Å²) in [5.74, 6) is 0.184. The Morgan fingerprint density at radius 3 is 2.79 bits per heavy atom. The molecule has 0 amide bonds. The third-order valence-electron chi connectivity index (χ3n) is 3.40. The van der Waals surface area contributed by atoms with Gasteiger partial charge in [-0.05, 0) is 31.3 Å². The Labute approximate surface area is 114 Å². The Bertz CT molecular complexity index is 417. The van der Waals surface area contributed by atoms with E-state index in [1.807, 2.05) is 31.2 Å². The molecule has 2 rings (SSSR count). The summed E-state index contributed by atoms with van der Waals surface area (Å²) in [6, 6.07) is 7.66. The number of hydrogen-bond acceptors (Lipinski definition) is 4. The van der Waals surface area contributed by atoms with Crippen LogP contribution in [0.5, 0.6) is 0 Å². The third-order valence-corrected chi connectivity index (χ3v) is 3.40. The SMILES string of the molecule is CCC(=O)c1ccc(NCC2CN(C)CCO2)cc1. The first kappa shape index (κ1) is 14.0. The highest BCUT2D eigenvalue weighted by atomic mass is 16.5. The average Bonchev–Trinajstić information content (AvgIpc) is 2.45. The van der Waals surface area contributed by atoms with Crippen LogP contribution in [0, 0.1) is 0 Å². The second-order valence-electron chi connectivity index (χ2n) is 4.99. The normalized spacial score (nSPS) is 20.2. The fourth-order valence-corrected chi connectivity index (χ4v) is 2.20. The van der Waals surface area contributed by atoms with Crippen LogP contribution in [0.25, 0.3) is 0 Å². The Balaban J connectivity index is 1.84. The second-order valence-corrected chi connectivity index (χ2v) is 4.99. The minimum absolute atomic E-state index is 0.184. The summed E-state index contributed by atoms with van der Waals surface area (Å²) in [6.07, 6.45) is 0.783. The summed E-state index contributed by atoms with van der Waals surface area (Å²) >= 11 is 0. The van der Waals surface area contributed by atoms with Crippen molar-refractivity contribution in [3.63, 3.8) is 0 Å². The lowest BCUT2D eigenvalue weighted by Crippen LogP contribution is -2.43. The van der Waals surface area contributed by atoms with Crippen LogP contribution >= 0.6 is 0 Å². The van der Waals surface area contributed by atoms with Crippen LogP contribution in [0.15, 0.2) is 24.3 Å². The van der Waals surface area contributed by atoms with Gasteiger partial charge in [-0.2, -0.15) is 0 Å².